The van der Waals surface area contributed by atoms with Gasteiger partial charge in [-0.05, 0) is 24.0 Å². The van der Waals surface area contributed by atoms with Crippen molar-refractivity contribution >= 4 is 58.2 Å². The van der Waals surface area contributed by atoms with Gasteiger partial charge in [0.2, 0.25) is 0 Å². The van der Waals surface area contributed by atoms with Crippen LogP contribution in [0.1, 0.15) is 22.3 Å². The first-order valence-corrected chi connectivity index (χ1v) is 6.88. The van der Waals surface area contributed by atoms with E-state index in [2.05, 4.69) is 60.7 Å². The van der Waals surface area contributed by atoms with Crippen molar-refractivity contribution in [3.05, 3.63) is 107 Å². The smallest absolute Gasteiger partial charge is 0 e. The second-order valence-electron chi connectivity index (χ2n) is 4.99. The minimum atomic E-state index is 0. The average Bonchev–Trinajstić information content (AvgIpc) is 2.51. The molecule has 3 aromatic rings. The van der Waals surface area contributed by atoms with Gasteiger partial charge in [0, 0.05) is 169 Å². The van der Waals surface area contributed by atoms with Gasteiger partial charge in [0.15, 0.2) is 0 Å². The van der Waals surface area contributed by atoms with Gasteiger partial charge in [0.05, 0.1) is 0 Å². The Morgan fingerprint density at radius 3 is 1.04 bits per heavy atom. The minimum Gasteiger partial charge on any atom is -0.184 e. The summed E-state index contributed by atoms with van der Waals surface area (Å²) in [4.78, 5) is 0. The zero-order chi connectivity index (χ0) is 13.6. The van der Waals surface area contributed by atoms with E-state index >= 15 is 0 Å². The van der Waals surface area contributed by atoms with E-state index in [1.807, 2.05) is 24.3 Å². The normalized spacial score (nSPS) is 8.67. The van der Waals surface area contributed by atoms with Crippen molar-refractivity contribution in [2.24, 2.45) is 0 Å². The summed E-state index contributed by atoms with van der Waals surface area (Å²) in [5, 5.41) is 0. The third kappa shape index (κ3) is 10.6. The monoisotopic (exact) mass is 745 g/mol. The second-order valence-corrected chi connectivity index (χ2v) is 4.99. The maximum Gasteiger partial charge on any atom is 0 e. The first kappa shape index (κ1) is 29.3. The van der Waals surface area contributed by atoms with Gasteiger partial charge in [-0.1, -0.05) is 24.3 Å². The molecule has 0 amide bonds. The molecule has 0 aliphatic carbocycles. The van der Waals surface area contributed by atoms with Crippen LogP contribution in [0.15, 0.2) is 72.8 Å². The molecule has 107 valence electrons. The SMILES string of the molecule is [Ra].[Rb].[Y].[Y].[c-]1ccc(Cc2ccc(Cc3cc[c-]cc3)cc2)cc1. The molecule has 0 fully saturated rings. The molecule has 3 rings (SSSR count). The van der Waals surface area contributed by atoms with Crippen LogP contribution in [0, 0.1) is 57.1 Å². The fraction of sp³-hybridized carbons (Fsp3) is 0.100. The van der Waals surface area contributed by atoms with E-state index in [0.717, 1.165) is 12.8 Å². The van der Waals surface area contributed by atoms with E-state index in [1.165, 1.54) is 22.3 Å². The molecular formula is C20H16RaRbY2-2. The Kier molecular flexibility index (Phi) is 20.8. The topological polar surface area (TPSA) is 0 Å². The minimum absolute atomic E-state index is 0. The first-order chi connectivity index (χ1) is 9.90. The first-order valence-electron chi connectivity index (χ1n) is 6.88. The Bertz CT molecular complexity index is 598. The molecular weight excluding hydrogens is 729 g/mol. The predicted octanol–water partition coefficient (Wildman–Crippen LogP) is 4.08. The van der Waals surface area contributed by atoms with Gasteiger partial charge in [-0.2, -0.15) is 71.8 Å². The quantitative estimate of drug-likeness (QED) is 0.354. The molecule has 0 heterocycles. The van der Waals surface area contributed by atoms with Crippen LogP contribution in [-0.2, 0) is 78.3 Å². The zero-order valence-corrected chi connectivity index (χ0v) is 30.6. The second kappa shape index (κ2) is 17.0. The molecule has 0 aliphatic rings. The van der Waals surface area contributed by atoms with Gasteiger partial charge < -0.3 is 0 Å². The van der Waals surface area contributed by atoms with Crippen LogP contribution >= 0.6 is 0 Å². The summed E-state index contributed by atoms with van der Waals surface area (Å²) in [6, 6.07) is 31.3. The van der Waals surface area contributed by atoms with Crippen LogP contribution in [0.4, 0.5) is 0 Å². The molecule has 0 unspecified atom stereocenters. The molecule has 24 heavy (non-hydrogen) atoms. The van der Waals surface area contributed by atoms with Gasteiger partial charge in [-0.3, -0.25) is 0 Å². The van der Waals surface area contributed by atoms with Gasteiger partial charge in [-0.15, -0.1) is 0 Å². The molecule has 0 spiro atoms. The summed E-state index contributed by atoms with van der Waals surface area (Å²) in [5.41, 5.74) is 5.35. The summed E-state index contributed by atoms with van der Waals surface area (Å²) < 4.78 is 0. The molecule has 3 aromatic carbocycles. The van der Waals surface area contributed by atoms with Crippen LogP contribution in [-0.4, -0.2) is 58.2 Å². The molecule has 0 atom stereocenters. The van der Waals surface area contributed by atoms with Gasteiger partial charge >= 0.3 is 0 Å². The largest absolute Gasteiger partial charge is 0.184 e. The van der Waals surface area contributed by atoms with Crippen molar-refractivity contribution in [1.82, 2.24) is 0 Å². The molecule has 0 aromatic heterocycles. The average molecular weight is 746 g/mol. The fourth-order valence-corrected chi connectivity index (χ4v) is 2.32. The van der Waals surface area contributed by atoms with Gasteiger partial charge in [-0.25, -0.2) is 0 Å². The summed E-state index contributed by atoms with van der Waals surface area (Å²) >= 11 is 0. The maximum atomic E-state index is 3.05. The Labute approximate surface area is 281 Å². The number of hydrogen-bond donors (Lipinski definition) is 0. The van der Waals surface area contributed by atoms with Crippen molar-refractivity contribution < 1.29 is 110 Å². The van der Waals surface area contributed by atoms with E-state index in [-0.39, 0.29) is 169 Å². The molecule has 5 radical (unpaired) electrons. The molecule has 0 N–H and O–H groups in total. The Balaban J connectivity index is 0. The van der Waals surface area contributed by atoms with Crippen molar-refractivity contribution in [3.8, 4) is 0 Å². The molecule has 0 saturated heterocycles. The fourth-order valence-electron chi connectivity index (χ4n) is 2.32. The molecule has 4 heteroatoms. The van der Waals surface area contributed by atoms with E-state index in [1.54, 1.807) is 0 Å². The predicted molar refractivity (Wildman–Crippen MR) is 88.4 cm³/mol. The van der Waals surface area contributed by atoms with Crippen LogP contribution < -0.4 is 0 Å². The molecule has 0 bridgehead atoms. The van der Waals surface area contributed by atoms with Crippen LogP contribution in [0.25, 0.3) is 0 Å². The number of hydrogen-bond acceptors (Lipinski definition) is 0. The Morgan fingerprint density at radius 1 is 0.500 bits per heavy atom. The van der Waals surface area contributed by atoms with Gasteiger partial charge in [0.25, 0.3) is 0 Å². The standard InChI is InChI=1S/C20H16.Ra.Rb.2Y/c1-3-7-17(8-4-1)15-19-11-13-20(14-12-19)16-18-9-5-2-6-10-18;;;;/h3-14H,15-16H2;;;;/q-2;;;;. The summed E-state index contributed by atoms with van der Waals surface area (Å²) in [6.07, 6.45) is 1.96. The summed E-state index contributed by atoms with van der Waals surface area (Å²) in [7, 11) is 0. The molecule has 0 aliphatic heterocycles. The van der Waals surface area contributed by atoms with E-state index in [9.17, 15) is 0 Å². The molecule has 0 saturated carbocycles. The van der Waals surface area contributed by atoms with Crippen molar-refractivity contribution in [2.75, 3.05) is 0 Å². The Hall–Kier alpha value is 3.14. The number of rotatable bonds is 4. The molecule has 0 nitrogen and oxygen atoms in total. The summed E-state index contributed by atoms with van der Waals surface area (Å²) in [6.45, 7) is 0. The van der Waals surface area contributed by atoms with E-state index in [4.69, 9.17) is 0 Å². The Morgan fingerprint density at radius 2 is 0.750 bits per heavy atom. The van der Waals surface area contributed by atoms with Gasteiger partial charge in [0.1, 0.15) is 0 Å². The van der Waals surface area contributed by atoms with E-state index in [0.29, 0.717) is 0 Å². The zero-order valence-electron chi connectivity index (χ0n) is 14.2. The third-order valence-corrected chi connectivity index (χ3v) is 3.41. The van der Waals surface area contributed by atoms with E-state index < -0.39 is 0 Å². The van der Waals surface area contributed by atoms with Crippen LogP contribution in [0.3, 0.4) is 0 Å². The number of benzene rings is 3. The van der Waals surface area contributed by atoms with Crippen LogP contribution in [0.5, 0.6) is 0 Å². The van der Waals surface area contributed by atoms with Crippen molar-refractivity contribution in [2.45, 2.75) is 12.8 Å². The van der Waals surface area contributed by atoms with Crippen molar-refractivity contribution in [1.29, 1.82) is 0 Å². The third-order valence-electron chi connectivity index (χ3n) is 3.41. The maximum absolute atomic E-state index is 3.05. The van der Waals surface area contributed by atoms with Crippen LogP contribution in [0.2, 0.25) is 0 Å². The van der Waals surface area contributed by atoms with Crippen molar-refractivity contribution in [3.63, 3.8) is 0 Å². The summed E-state index contributed by atoms with van der Waals surface area (Å²) in [5.74, 6) is 0.